The molecular formula is C18H20N4O6. The van der Waals surface area contributed by atoms with Gasteiger partial charge in [-0.15, -0.1) is 0 Å². The maximum absolute atomic E-state index is 11.1. The third-order valence-electron chi connectivity index (χ3n) is 3.88. The van der Waals surface area contributed by atoms with E-state index >= 15 is 0 Å². The Morgan fingerprint density at radius 3 is 2.50 bits per heavy atom. The van der Waals surface area contributed by atoms with Crippen LogP contribution in [0.3, 0.4) is 0 Å². The molecular weight excluding hydrogens is 368 g/mol. The van der Waals surface area contributed by atoms with E-state index in [0.29, 0.717) is 17.1 Å². The highest BCUT2D eigenvalue weighted by atomic mass is 16.6. The zero-order valence-electron chi connectivity index (χ0n) is 15.6. The SMILES string of the molecule is CC[C@@H](C)Oc1ccc(/C=N\Nc2ccc([N+](=O)[O-])cc2[N+](=O)[O-])cc1OC. The molecule has 0 fully saturated rings. The molecule has 2 rings (SSSR count). The molecule has 0 bridgehead atoms. The Morgan fingerprint density at radius 1 is 1.14 bits per heavy atom. The van der Waals surface area contributed by atoms with Gasteiger partial charge in [0.05, 0.1) is 35.3 Å². The van der Waals surface area contributed by atoms with E-state index in [0.717, 1.165) is 18.6 Å². The molecule has 0 saturated heterocycles. The van der Waals surface area contributed by atoms with Crippen molar-refractivity contribution in [1.82, 2.24) is 0 Å². The van der Waals surface area contributed by atoms with Crippen LogP contribution in [0.1, 0.15) is 25.8 Å². The van der Waals surface area contributed by atoms with Crippen molar-refractivity contribution in [2.24, 2.45) is 5.10 Å². The summed E-state index contributed by atoms with van der Waals surface area (Å²) in [5.41, 5.74) is 2.43. The van der Waals surface area contributed by atoms with Gasteiger partial charge in [-0.05, 0) is 43.2 Å². The standard InChI is InChI=1S/C18H20N4O6/c1-4-12(2)28-17-8-5-13(9-18(17)27-3)11-19-20-15-7-6-14(21(23)24)10-16(15)22(25)26/h5-12,20H,4H2,1-3H3/b19-11-/t12-/m1/s1. The number of benzene rings is 2. The molecule has 0 aliphatic carbocycles. The van der Waals surface area contributed by atoms with Crippen LogP contribution < -0.4 is 14.9 Å². The molecule has 0 aromatic heterocycles. The van der Waals surface area contributed by atoms with E-state index in [1.54, 1.807) is 18.2 Å². The molecule has 1 N–H and O–H groups in total. The van der Waals surface area contributed by atoms with Crippen LogP contribution >= 0.6 is 0 Å². The van der Waals surface area contributed by atoms with Gasteiger partial charge in [0, 0.05) is 6.07 Å². The summed E-state index contributed by atoms with van der Waals surface area (Å²) in [5, 5.41) is 25.9. The number of hydrazone groups is 1. The Balaban J connectivity index is 2.18. The van der Waals surface area contributed by atoms with Crippen molar-refractivity contribution in [2.45, 2.75) is 26.4 Å². The van der Waals surface area contributed by atoms with Crippen LogP contribution in [-0.2, 0) is 0 Å². The molecule has 10 heteroatoms. The minimum Gasteiger partial charge on any atom is -0.493 e. The zero-order valence-corrected chi connectivity index (χ0v) is 15.6. The minimum atomic E-state index is -0.713. The number of nitrogens with one attached hydrogen (secondary N) is 1. The van der Waals surface area contributed by atoms with Gasteiger partial charge in [0.1, 0.15) is 5.69 Å². The molecule has 0 heterocycles. The molecule has 148 valence electrons. The molecule has 0 spiro atoms. The summed E-state index contributed by atoms with van der Waals surface area (Å²) < 4.78 is 11.1. The smallest absolute Gasteiger partial charge is 0.301 e. The van der Waals surface area contributed by atoms with E-state index in [9.17, 15) is 20.2 Å². The number of non-ortho nitro benzene ring substituents is 1. The fourth-order valence-electron chi connectivity index (χ4n) is 2.22. The third-order valence-corrected chi connectivity index (χ3v) is 3.88. The largest absolute Gasteiger partial charge is 0.493 e. The number of hydrogen-bond donors (Lipinski definition) is 1. The average molecular weight is 388 g/mol. The molecule has 0 radical (unpaired) electrons. The van der Waals surface area contributed by atoms with Crippen molar-refractivity contribution in [1.29, 1.82) is 0 Å². The Kier molecular flexibility index (Phi) is 6.85. The van der Waals surface area contributed by atoms with Crippen LogP contribution in [0.2, 0.25) is 0 Å². The lowest BCUT2D eigenvalue weighted by atomic mass is 10.2. The molecule has 10 nitrogen and oxygen atoms in total. The summed E-state index contributed by atoms with van der Waals surface area (Å²) in [6.45, 7) is 3.97. The van der Waals surface area contributed by atoms with Gasteiger partial charge in [0.15, 0.2) is 11.5 Å². The Labute approximate surface area is 161 Å². The van der Waals surface area contributed by atoms with Crippen LogP contribution in [0.5, 0.6) is 11.5 Å². The molecule has 2 aromatic carbocycles. The highest BCUT2D eigenvalue weighted by molar-refractivity contribution is 5.82. The Morgan fingerprint density at radius 2 is 1.89 bits per heavy atom. The maximum Gasteiger partial charge on any atom is 0.301 e. The average Bonchev–Trinajstić information content (AvgIpc) is 2.68. The first-order valence-corrected chi connectivity index (χ1v) is 8.42. The van der Waals surface area contributed by atoms with Crippen molar-refractivity contribution in [2.75, 3.05) is 12.5 Å². The first-order chi connectivity index (χ1) is 13.3. The van der Waals surface area contributed by atoms with Crippen LogP contribution in [0.15, 0.2) is 41.5 Å². The van der Waals surface area contributed by atoms with Crippen molar-refractivity contribution in [3.8, 4) is 11.5 Å². The molecule has 28 heavy (non-hydrogen) atoms. The number of nitro groups is 2. The monoisotopic (exact) mass is 388 g/mol. The van der Waals surface area contributed by atoms with Gasteiger partial charge in [-0.3, -0.25) is 25.7 Å². The Hall–Kier alpha value is -3.69. The second-order valence-electron chi connectivity index (χ2n) is 5.83. The maximum atomic E-state index is 11.1. The number of anilines is 1. The number of rotatable bonds is 9. The summed E-state index contributed by atoms with van der Waals surface area (Å²) in [6, 6.07) is 8.50. The zero-order chi connectivity index (χ0) is 20.7. The highest BCUT2D eigenvalue weighted by Crippen LogP contribution is 2.30. The van der Waals surface area contributed by atoms with Crippen molar-refractivity contribution >= 4 is 23.3 Å². The van der Waals surface area contributed by atoms with Gasteiger partial charge in [0.2, 0.25) is 0 Å². The normalized spacial score (nSPS) is 11.8. The van der Waals surface area contributed by atoms with Gasteiger partial charge in [-0.2, -0.15) is 5.10 Å². The summed E-state index contributed by atoms with van der Waals surface area (Å²) in [7, 11) is 1.53. The molecule has 0 saturated carbocycles. The topological polar surface area (TPSA) is 129 Å². The molecule has 0 amide bonds. The predicted molar refractivity (Wildman–Crippen MR) is 104 cm³/mol. The summed E-state index contributed by atoms with van der Waals surface area (Å²) in [4.78, 5) is 20.5. The second kappa shape index (κ2) is 9.31. The van der Waals surface area contributed by atoms with E-state index in [1.807, 2.05) is 13.8 Å². The van der Waals surface area contributed by atoms with Crippen molar-refractivity contribution < 1.29 is 19.3 Å². The lowest BCUT2D eigenvalue weighted by Gasteiger charge is -2.15. The summed E-state index contributed by atoms with van der Waals surface area (Å²) in [6.07, 6.45) is 2.34. The van der Waals surface area contributed by atoms with E-state index < -0.39 is 15.5 Å². The molecule has 2 aromatic rings. The number of hydrogen-bond acceptors (Lipinski definition) is 8. The fourth-order valence-corrected chi connectivity index (χ4v) is 2.22. The van der Waals surface area contributed by atoms with Gasteiger partial charge >= 0.3 is 5.69 Å². The van der Waals surface area contributed by atoms with Crippen LogP contribution in [0.4, 0.5) is 17.1 Å². The van der Waals surface area contributed by atoms with Crippen molar-refractivity contribution in [3.05, 3.63) is 62.2 Å². The number of ether oxygens (including phenoxy) is 2. The van der Waals surface area contributed by atoms with Gasteiger partial charge < -0.3 is 9.47 Å². The second-order valence-corrected chi connectivity index (χ2v) is 5.83. The summed E-state index contributed by atoms with van der Waals surface area (Å²) in [5.74, 6) is 1.14. The lowest BCUT2D eigenvalue weighted by Crippen LogP contribution is -2.10. The van der Waals surface area contributed by atoms with E-state index in [-0.39, 0.29) is 17.5 Å². The highest BCUT2D eigenvalue weighted by Gasteiger charge is 2.19. The first-order valence-electron chi connectivity index (χ1n) is 8.42. The minimum absolute atomic E-state index is 0.0375. The van der Waals surface area contributed by atoms with Crippen molar-refractivity contribution in [3.63, 3.8) is 0 Å². The lowest BCUT2D eigenvalue weighted by molar-refractivity contribution is -0.393. The van der Waals surface area contributed by atoms with E-state index in [4.69, 9.17) is 9.47 Å². The fraction of sp³-hybridized carbons (Fsp3) is 0.278. The van der Waals surface area contributed by atoms with Gasteiger partial charge in [-0.1, -0.05) is 6.92 Å². The van der Waals surface area contributed by atoms with Crippen LogP contribution in [-0.4, -0.2) is 29.3 Å². The Bertz CT molecular complexity index is 900. The van der Waals surface area contributed by atoms with Gasteiger partial charge in [0.25, 0.3) is 5.69 Å². The number of methoxy groups -OCH3 is 1. The molecule has 1 atom stereocenters. The number of nitrogens with zero attached hydrogens (tertiary/aromatic N) is 3. The number of nitro benzene ring substituents is 2. The predicted octanol–water partition coefficient (Wildman–Crippen LogP) is 4.13. The third kappa shape index (κ3) is 5.16. The van der Waals surface area contributed by atoms with E-state index in [1.165, 1.54) is 19.4 Å². The van der Waals surface area contributed by atoms with Crippen LogP contribution in [0.25, 0.3) is 0 Å². The van der Waals surface area contributed by atoms with E-state index in [2.05, 4.69) is 10.5 Å². The first kappa shape index (κ1) is 20.6. The molecule has 0 aliphatic heterocycles. The van der Waals surface area contributed by atoms with Gasteiger partial charge in [-0.25, -0.2) is 0 Å². The quantitative estimate of drug-likeness (QED) is 0.388. The molecule has 0 aliphatic rings. The molecule has 0 unspecified atom stereocenters. The van der Waals surface area contributed by atoms with Crippen LogP contribution in [0, 0.1) is 20.2 Å². The summed E-state index contributed by atoms with van der Waals surface area (Å²) >= 11 is 0.